The molecule has 5 nitrogen and oxygen atoms in total. The van der Waals surface area contributed by atoms with Crippen LogP contribution in [0.4, 0.5) is 0 Å². The number of rotatable bonds is 4. The first kappa shape index (κ1) is 17.2. The summed E-state index contributed by atoms with van der Waals surface area (Å²) < 4.78 is 5.17. The molecule has 3 rings (SSSR count). The zero-order valence-electron chi connectivity index (χ0n) is 13.2. The van der Waals surface area contributed by atoms with Crippen LogP contribution in [0.5, 0.6) is 5.75 Å². The molecule has 0 aliphatic rings. The number of hydrazone groups is 1. The highest BCUT2D eigenvalue weighted by Crippen LogP contribution is 2.23. The fraction of sp³-hybridized carbons (Fsp3) is 0.0556. The van der Waals surface area contributed by atoms with Crippen LogP contribution in [-0.4, -0.2) is 24.2 Å². The Kier molecular flexibility index (Phi) is 5.16. The van der Waals surface area contributed by atoms with Crippen LogP contribution in [0, 0.1) is 0 Å². The lowest BCUT2D eigenvalue weighted by Crippen LogP contribution is -2.17. The molecule has 0 aliphatic heterocycles. The second-order valence-corrected chi connectivity index (χ2v) is 5.93. The van der Waals surface area contributed by atoms with Crippen molar-refractivity contribution in [1.82, 2.24) is 10.4 Å². The predicted octanol–water partition coefficient (Wildman–Crippen LogP) is 4.31. The summed E-state index contributed by atoms with van der Waals surface area (Å²) in [5.41, 5.74) is 4.15. The topological polar surface area (TPSA) is 63.6 Å². The highest BCUT2D eigenvalue weighted by atomic mass is 35.5. The minimum atomic E-state index is -0.367. The first-order chi connectivity index (χ1) is 12.1. The van der Waals surface area contributed by atoms with Crippen LogP contribution in [0.3, 0.4) is 0 Å². The van der Waals surface area contributed by atoms with Crippen LogP contribution in [0.2, 0.25) is 10.2 Å². The zero-order chi connectivity index (χ0) is 17.8. The molecule has 0 aliphatic carbocycles. The van der Waals surface area contributed by atoms with E-state index < -0.39 is 0 Å². The molecule has 0 saturated heterocycles. The summed E-state index contributed by atoms with van der Waals surface area (Å²) >= 11 is 12.0. The van der Waals surface area contributed by atoms with E-state index in [-0.39, 0.29) is 11.1 Å². The van der Waals surface area contributed by atoms with E-state index in [4.69, 9.17) is 27.9 Å². The molecule has 2 aromatic carbocycles. The normalized spacial score (nSPS) is 11.0. The van der Waals surface area contributed by atoms with Gasteiger partial charge in [0.1, 0.15) is 10.9 Å². The molecular formula is C18H13Cl2N3O2. The zero-order valence-corrected chi connectivity index (χ0v) is 14.7. The van der Waals surface area contributed by atoms with Crippen molar-refractivity contribution < 1.29 is 9.53 Å². The van der Waals surface area contributed by atoms with E-state index in [1.807, 2.05) is 18.2 Å². The van der Waals surface area contributed by atoms with Gasteiger partial charge in [0.25, 0.3) is 5.91 Å². The first-order valence-corrected chi connectivity index (χ1v) is 8.05. The maximum absolute atomic E-state index is 12.0. The average Bonchev–Trinajstić information content (AvgIpc) is 2.61. The highest BCUT2D eigenvalue weighted by molar-refractivity contribution is 6.32. The number of fused-ring (bicyclic) bond motifs is 1. The van der Waals surface area contributed by atoms with E-state index >= 15 is 0 Å². The van der Waals surface area contributed by atoms with Crippen molar-refractivity contribution >= 4 is 46.2 Å². The van der Waals surface area contributed by atoms with Gasteiger partial charge in [-0.15, -0.1) is 0 Å². The molecule has 1 heterocycles. The summed E-state index contributed by atoms with van der Waals surface area (Å²) in [6.07, 6.45) is 1.45. The molecule has 0 bridgehead atoms. The number of nitrogens with zero attached hydrogens (tertiary/aromatic N) is 2. The maximum atomic E-state index is 12.0. The second-order valence-electron chi connectivity index (χ2n) is 5.14. The molecule has 1 N–H and O–H groups in total. The smallest absolute Gasteiger partial charge is 0.271 e. The third-order valence-corrected chi connectivity index (χ3v) is 4.00. The van der Waals surface area contributed by atoms with Gasteiger partial charge in [0.05, 0.1) is 18.8 Å². The Hall–Kier alpha value is -2.63. The number of amides is 1. The number of benzene rings is 2. The van der Waals surface area contributed by atoms with Crippen molar-refractivity contribution in [1.29, 1.82) is 0 Å². The van der Waals surface area contributed by atoms with Gasteiger partial charge in [0.2, 0.25) is 0 Å². The summed E-state index contributed by atoms with van der Waals surface area (Å²) in [7, 11) is 1.59. The van der Waals surface area contributed by atoms with Crippen molar-refractivity contribution in [3.8, 4) is 5.75 Å². The molecule has 1 amide bonds. The lowest BCUT2D eigenvalue weighted by Gasteiger charge is -2.05. The van der Waals surface area contributed by atoms with Gasteiger partial charge in [-0.25, -0.2) is 10.4 Å². The molecule has 0 fully saturated rings. The number of methoxy groups -OCH3 is 1. The molecule has 3 aromatic rings. The number of ether oxygens (including phenoxy) is 1. The van der Waals surface area contributed by atoms with Crippen molar-refractivity contribution in [2.75, 3.05) is 7.11 Å². The van der Waals surface area contributed by atoms with E-state index in [1.54, 1.807) is 37.4 Å². The number of aromatic nitrogens is 1. The Morgan fingerprint density at radius 3 is 2.80 bits per heavy atom. The molecule has 0 saturated carbocycles. The van der Waals surface area contributed by atoms with Crippen LogP contribution < -0.4 is 10.2 Å². The maximum Gasteiger partial charge on any atom is 0.271 e. The molecule has 0 spiro atoms. The van der Waals surface area contributed by atoms with Crippen LogP contribution >= 0.6 is 23.2 Å². The molecular weight excluding hydrogens is 361 g/mol. The number of hydrogen-bond donors (Lipinski definition) is 1. The molecule has 0 radical (unpaired) electrons. The Bertz CT molecular complexity index is 974. The summed E-state index contributed by atoms with van der Waals surface area (Å²) in [4.78, 5) is 16.3. The summed E-state index contributed by atoms with van der Waals surface area (Å²) in [6.45, 7) is 0. The van der Waals surface area contributed by atoms with E-state index in [0.717, 1.165) is 5.39 Å². The van der Waals surface area contributed by atoms with Crippen molar-refractivity contribution in [2.45, 2.75) is 0 Å². The SMILES string of the molecule is COc1ccc2cc(/C=N\NC(=O)c3cccc(Cl)c3)c(Cl)nc2c1. The van der Waals surface area contributed by atoms with E-state index in [2.05, 4.69) is 15.5 Å². The Morgan fingerprint density at radius 1 is 1.20 bits per heavy atom. The molecule has 1 aromatic heterocycles. The largest absolute Gasteiger partial charge is 0.497 e. The molecule has 126 valence electrons. The van der Waals surface area contributed by atoms with Gasteiger partial charge in [-0.05, 0) is 36.4 Å². The monoisotopic (exact) mass is 373 g/mol. The standard InChI is InChI=1S/C18H13Cl2N3O2/c1-25-15-6-5-11-7-13(17(20)22-16(11)9-15)10-21-23-18(24)12-3-2-4-14(19)8-12/h2-10H,1H3,(H,23,24)/b21-10-. The predicted molar refractivity (Wildman–Crippen MR) is 99.8 cm³/mol. The third kappa shape index (κ3) is 4.07. The lowest BCUT2D eigenvalue weighted by atomic mass is 10.1. The third-order valence-electron chi connectivity index (χ3n) is 3.46. The van der Waals surface area contributed by atoms with Crippen molar-refractivity contribution in [2.24, 2.45) is 5.10 Å². The van der Waals surface area contributed by atoms with Crippen LogP contribution in [0.25, 0.3) is 10.9 Å². The minimum absolute atomic E-state index is 0.279. The van der Waals surface area contributed by atoms with E-state index in [0.29, 0.717) is 27.4 Å². The quantitative estimate of drug-likeness (QED) is 0.420. The fourth-order valence-electron chi connectivity index (χ4n) is 2.21. The van der Waals surface area contributed by atoms with Gasteiger partial charge >= 0.3 is 0 Å². The Labute approximate surface area is 154 Å². The van der Waals surface area contributed by atoms with Gasteiger partial charge in [-0.2, -0.15) is 5.10 Å². The van der Waals surface area contributed by atoms with Gasteiger partial charge < -0.3 is 4.74 Å². The van der Waals surface area contributed by atoms with Crippen molar-refractivity contribution in [3.63, 3.8) is 0 Å². The van der Waals surface area contributed by atoms with Gasteiger partial charge in [-0.1, -0.05) is 29.3 Å². The number of pyridine rings is 1. The first-order valence-electron chi connectivity index (χ1n) is 7.30. The van der Waals surface area contributed by atoms with Crippen molar-refractivity contribution in [3.05, 3.63) is 69.8 Å². The molecule has 7 heteroatoms. The van der Waals surface area contributed by atoms with E-state index in [9.17, 15) is 4.79 Å². The highest BCUT2D eigenvalue weighted by Gasteiger charge is 2.06. The number of nitrogens with one attached hydrogen (secondary N) is 1. The van der Waals surface area contributed by atoms with Gasteiger partial charge in [0, 0.05) is 27.6 Å². The average molecular weight is 374 g/mol. The number of halogens is 2. The number of carbonyl (C=O) groups is 1. The Balaban J connectivity index is 1.79. The number of carbonyl (C=O) groups excluding carboxylic acids is 1. The summed E-state index contributed by atoms with van der Waals surface area (Å²) in [5, 5.41) is 5.57. The van der Waals surface area contributed by atoms with Crippen LogP contribution in [-0.2, 0) is 0 Å². The molecule has 25 heavy (non-hydrogen) atoms. The van der Waals surface area contributed by atoms with Crippen LogP contribution in [0.15, 0.2) is 53.6 Å². The number of hydrogen-bond acceptors (Lipinski definition) is 4. The van der Waals surface area contributed by atoms with Crippen LogP contribution in [0.1, 0.15) is 15.9 Å². The van der Waals surface area contributed by atoms with Gasteiger partial charge in [-0.3, -0.25) is 4.79 Å². The van der Waals surface area contributed by atoms with Gasteiger partial charge in [0.15, 0.2) is 0 Å². The molecule has 0 unspecified atom stereocenters. The minimum Gasteiger partial charge on any atom is -0.497 e. The van der Waals surface area contributed by atoms with E-state index in [1.165, 1.54) is 6.21 Å². The fourth-order valence-corrected chi connectivity index (χ4v) is 2.60. The second kappa shape index (κ2) is 7.51. The summed E-state index contributed by atoms with van der Waals surface area (Å²) in [6, 6.07) is 13.9. The lowest BCUT2D eigenvalue weighted by molar-refractivity contribution is 0.0955. The molecule has 0 atom stereocenters. The summed E-state index contributed by atoms with van der Waals surface area (Å²) in [5.74, 6) is 0.333. The Morgan fingerprint density at radius 2 is 2.04 bits per heavy atom.